The molecule has 0 saturated heterocycles. The fourth-order valence-corrected chi connectivity index (χ4v) is 2.27. The second-order valence-corrected chi connectivity index (χ2v) is 5.20. The highest BCUT2D eigenvalue weighted by atomic mass is 19.4. The molecule has 3 aromatic heterocycles. The molecule has 4 aromatic rings. The van der Waals surface area contributed by atoms with Crippen LogP contribution in [0.15, 0.2) is 45.5 Å². The molecule has 4 rings (SSSR count). The average Bonchev–Trinajstić information content (AvgIpc) is 3.07. The molecule has 0 aliphatic carbocycles. The first-order valence-corrected chi connectivity index (χ1v) is 6.89. The summed E-state index contributed by atoms with van der Waals surface area (Å²) in [5.74, 6) is 0. The summed E-state index contributed by atoms with van der Waals surface area (Å²) in [6.45, 7) is 0. The molecule has 0 unspecified atom stereocenters. The quantitative estimate of drug-likeness (QED) is 0.567. The van der Waals surface area contributed by atoms with Crippen LogP contribution in [-0.2, 0) is 13.2 Å². The Morgan fingerprint density at radius 3 is 2.46 bits per heavy atom. The smallest absolute Gasteiger partial charge is 0.416 e. The van der Waals surface area contributed by atoms with Gasteiger partial charge in [0.25, 0.3) is 0 Å². The maximum atomic E-state index is 12.7. The summed E-state index contributed by atoms with van der Waals surface area (Å²) in [7, 11) is 1.84. The number of fused-ring (bicyclic) bond motifs is 2. The number of aryl methyl sites for hydroxylation is 1. The normalized spacial score (nSPS) is 12.2. The number of anilines is 2. The van der Waals surface area contributed by atoms with E-state index in [1.165, 1.54) is 6.07 Å². The Hall–Kier alpha value is -3.10. The lowest BCUT2D eigenvalue weighted by Crippen LogP contribution is -2.25. The molecular weight excluding hydrogens is 325 g/mol. The van der Waals surface area contributed by atoms with E-state index in [0.29, 0.717) is 11.1 Å². The van der Waals surface area contributed by atoms with Gasteiger partial charge in [0.05, 0.1) is 5.56 Å². The number of nitrogens with one attached hydrogen (secondary N) is 1. The summed E-state index contributed by atoms with van der Waals surface area (Å²) in [5, 5.41) is 2.71. The van der Waals surface area contributed by atoms with E-state index in [0.717, 1.165) is 12.1 Å². The van der Waals surface area contributed by atoms with Crippen LogP contribution >= 0.6 is 0 Å². The zero-order valence-electron chi connectivity index (χ0n) is 12.3. The lowest BCUT2D eigenvalue weighted by atomic mass is 10.2. The molecule has 0 aliphatic heterocycles. The number of hydrogen-bond acceptors (Lipinski definition) is 5. The fraction of sp³-hybridized carbons (Fsp3) is 0.133. The van der Waals surface area contributed by atoms with Crippen LogP contribution in [0.5, 0.6) is 0 Å². The Morgan fingerprint density at radius 1 is 1.00 bits per heavy atom. The fourth-order valence-electron chi connectivity index (χ4n) is 2.27. The number of rotatable bonds is 2. The maximum absolute atomic E-state index is 12.7. The van der Waals surface area contributed by atoms with Crippen LogP contribution in [0.1, 0.15) is 5.56 Å². The van der Waals surface area contributed by atoms with Gasteiger partial charge in [-0.1, -0.05) is 0 Å². The Balaban J connectivity index is 1.68. The zero-order chi connectivity index (χ0) is 16.9. The lowest BCUT2D eigenvalue weighted by molar-refractivity contribution is -0.670. The van der Waals surface area contributed by atoms with Crippen molar-refractivity contribution in [2.45, 2.75) is 6.18 Å². The number of alkyl halides is 3. The molecule has 0 spiro atoms. The third-order valence-electron chi connectivity index (χ3n) is 3.40. The van der Waals surface area contributed by atoms with Gasteiger partial charge in [0.2, 0.25) is 11.8 Å². The predicted octanol–water partition coefficient (Wildman–Crippen LogP) is 3.56. The molecule has 1 aromatic carbocycles. The van der Waals surface area contributed by atoms with Gasteiger partial charge in [0, 0.05) is 6.07 Å². The SMILES string of the molecule is C[n+]1ccc2nc(Nc3nc4cc(C(F)(F)F)ccc4o3)oc2c1. The van der Waals surface area contributed by atoms with Crippen molar-refractivity contribution < 1.29 is 26.6 Å². The molecule has 0 radical (unpaired) electrons. The highest BCUT2D eigenvalue weighted by Gasteiger charge is 2.31. The number of pyridine rings is 1. The van der Waals surface area contributed by atoms with Crippen molar-refractivity contribution in [1.29, 1.82) is 0 Å². The molecule has 1 N–H and O–H groups in total. The zero-order valence-corrected chi connectivity index (χ0v) is 12.3. The van der Waals surface area contributed by atoms with Crippen LogP contribution in [0, 0.1) is 0 Å². The molecule has 9 heteroatoms. The van der Waals surface area contributed by atoms with E-state index in [4.69, 9.17) is 8.83 Å². The van der Waals surface area contributed by atoms with Gasteiger partial charge in [-0.3, -0.25) is 5.32 Å². The minimum Gasteiger partial charge on any atom is -0.423 e. The molecule has 122 valence electrons. The Labute approximate surface area is 132 Å². The van der Waals surface area contributed by atoms with Gasteiger partial charge in [-0.15, -0.1) is 0 Å². The standard InChI is InChI=1S/C15H9F3N4O2/c1-22-5-4-9-12(7-22)24-13(19-9)21-14-20-10-6-8(15(16,17)18)2-3-11(10)23-14/h2-7H,1H3/p+1. The van der Waals surface area contributed by atoms with Crippen LogP contribution in [0.4, 0.5) is 25.2 Å². The molecule has 0 atom stereocenters. The summed E-state index contributed by atoms with van der Waals surface area (Å²) in [5.41, 5.74) is 0.719. The number of halogens is 3. The van der Waals surface area contributed by atoms with E-state index >= 15 is 0 Å². The number of hydrogen-bond donors (Lipinski definition) is 1. The Morgan fingerprint density at radius 2 is 1.71 bits per heavy atom. The van der Waals surface area contributed by atoms with Gasteiger partial charge in [-0.05, 0) is 18.2 Å². The minimum atomic E-state index is -4.43. The Kier molecular flexibility index (Phi) is 2.99. The van der Waals surface area contributed by atoms with Crippen LogP contribution in [0.25, 0.3) is 22.2 Å². The van der Waals surface area contributed by atoms with Gasteiger partial charge in [0.15, 0.2) is 11.8 Å². The van der Waals surface area contributed by atoms with Gasteiger partial charge >= 0.3 is 18.2 Å². The van der Waals surface area contributed by atoms with E-state index in [9.17, 15) is 13.2 Å². The molecule has 0 fully saturated rings. The third kappa shape index (κ3) is 2.53. The van der Waals surface area contributed by atoms with Crippen molar-refractivity contribution in [3.8, 4) is 0 Å². The molecule has 0 bridgehead atoms. The number of aromatic nitrogens is 3. The van der Waals surface area contributed by atoms with Crippen molar-refractivity contribution in [3.63, 3.8) is 0 Å². The first-order chi connectivity index (χ1) is 11.4. The van der Waals surface area contributed by atoms with E-state index in [2.05, 4.69) is 15.3 Å². The van der Waals surface area contributed by atoms with Crippen LogP contribution in [0.2, 0.25) is 0 Å². The molecule has 0 aliphatic rings. The van der Waals surface area contributed by atoms with Gasteiger partial charge in [0.1, 0.15) is 18.1 Å². The van der Waals surface area contributed by atoms with Crippen molar-refractivity contribution in [1.82, 2.24) is 9.97 Å². The minimum absolute atomic E-state index is 0.000237. The molecule has 3 heterocycles. The van der Waals surface area contributed by atoms with E-state index in [-0.39, 0.29) is 23.1 Å². The summed E-state index contributed by atoms with van der Waals surface area (Å²) in [4.78, 5) is 8.19. The van der Waals surface area contributed by atoms with Crippen LogP contribution < -0.4 is 9.88 Å². The molecule has 0 saturated carbocycles. The van der Waals surface area contributed by atoms with Gasteiger partial charge in [-0.2, -0.15) is 23.1 Å². The number of oxazole rings is 2. The second-order valence-electron chi connectivity index (χ2n) is 5.20. The van der Waals surface area contributed by atoms with Crippen molar-refractivity contribution in [2.75, 3.05) is 5.32 Å². The van der Waals surface area contributed by atoms with Crippen LogP contribution in [-0.4, -0.2) is 9.97 Å². The molecular formula is C15H10F3N4O2+. The first kappa shape index (κ1) is 14.5. The number of benzene rings is 1. The van der Waals surface area contributed by atoms with Crippen molar-refractivity contribution in [2.24, 2.45) is 7.05 Å². The lowest BCUT2D eigenvalue weighted by Gasteiger charge is -2.04. The summed E-state index contributed by atoms with van der Waals surface area (Å²) < 4.78 is 50.8. The average molecular weight is 335 g/mol. The summed E-state index contributed by atoms with van der Waals surface area (Å²) in [6.07, 6.45) is -0.877. The summed E-state index contributed by atoms with van der Waals surface area (Å²) in [6, 6.07) is 5.00. The van der Waals surface area contributed by atoms with E-state index in [1.54, 1.807) is 16.8 Å². The van der Waals surface area contributed by atoms with E-state index < -0.39 is 11.7 Å². The van der Waals surface area contributed by atoms with Crippen molar-refractivity contribution >= 4 is 34.2 Å². The predicted molar refractivity (Wildman–Crippen MR) is 77.5 cm³/mol. The molecule has 6 nitrogen and oxygen atoms in total. The maximum Gasteiger partial charge on any atom is 0.416 e. The van der Waals surface area contributed by atoms with Gasteiger partial charge < -0.3 is 8.83 Å². The highest BCUT2D eigenvalue weighted by molar-refractivity contribution is 5.77. The van der Waals surface area contributed by atoms with Gasteiger partial charge in [-0.25, -0.2) is 4.57 Å². The molecule has 0 amide bonds. The van der Waals surface area contributed by atoms with E-state index in [1.807, 2.05) is 13.2 Å². The van der Waals surface area contributed by atoms with Crippen LogP contribution in [0.3, 0.4) is 0 Å². The largest absolute Gasteiger partial charge is 0.423 e. The first-order valence-electron chi connectivity index (χ1n) is 6.89. The topological polar surface area (TPSA) is 68.0 Å². The second kappa shape index (κ2) is 4.95. The highest BCUT2D eigenvalue weighted by Crippen LogP contribution is 2.32. The van der Waals surface area contributed by atoms with Crippen molar-refractivity contribution in [3.05, 3.63) is 42.2 Å². The third-order valence-corrected chi connectivity index (χ3v) is 3.40. The monoisotopic (exact) mass is 335 g/mol. The molecule has 24 heavy (non-hydrogen) atoms. The number of nitrogens with zero attached hydrogens (tertiary/aromatic N) is 3. The summed E-state index contributed by atoms with van der Waals surface area (Å²) >= 11 is 0. The Bertz CT molecular complexity index is 1050.